The lowest BCUT2D eigenvalue weighted by Crippen LogP contribution is -2.43. The Morgan fingerprint density at radius 2 is 1.73 bits per heavy atom. The smallest absolute Gasteiger partial charge is 0.410 e. The van der Waals surface area contributed by atoms with Crippen LogP contribution in [0.25, 0.3) is 0 Å². The summed E-state index contributed by atoms with van der Waals surface area (Å²) in [6, 6.07) is 15.1. The van der Waals surface area contributed by atoms with E-state index in [1.54, 1.807) is 37.3 Å². The van der Waals surface area contributed by atoms with E-state index in [0.29, 0.717) is 56.5 Å². The van der Waals surface area contributed by atoms with Crippen molar-refractivity contribution in [1.82, 2.24) is 9.80 Å². The summed E-state index contributed by atoms with van der Waals surface area (Å²) in [6.07, 6.45) is 0.0874. The van der Waals surface area contributed by atoms with Crippen LogP contribution in [0.15, 0.2) is 48.5 Å². The minimum Gasteiger partial charge on any atom is -0.493 e. The molecule has 1 fully saturated rings. The fraction of sp³-hybridized carbons (Fsp3) is 0.562. The van der Waals surface area contributed by atoms with Gasteiger partial charge >= 0.3 is 6.09 Å². The molecule has 9 nitrogen and oxygen atoms in total. The van der Waals surface area contributed by atoms with Crippen LogP contribution in [0, 0.1) is 5.92 Å². The maximum Gasteiger partial charge on any atom is 0.410 e. The molecule has 0 N–H and O–H groups in total. The number of likely N-dealkylation sites (tertiary alicyclic amines) is 1. The first kappa shape index (κ1) is 32.2. The van der Waals surface area contributed by atoms with Crippen molar-refractivity contribution < 1.29 is 33.3 Å². The van der Waals surface area contributed by atoms with Crippen molar-refractivity contribution >= 4 is 12.0 Å². The second-order valence-electron chi connectivity index (χ2n) is 11.6. The largest absolute Gasteiger partial charge is 0.493 e. The molecule has 9 heteroatoms. The molecule has 0 spiro atoms. The van der Waals surface area contributed by atoms with Crippen molar-refractivity contribution in [3.05, 3.63) is 59.7 Å². The molecule has 2 aromatic carbocycles. The maximum atomic E-state index is 13.9. The van der Waals surface area contributed by atoms with E-state index in [2.05, 4.69) is 0 Å². The summed E-state index contributed by atoms with van der Waals surface area (Å²) >= 11 is 0. The molecule has 1 heterocycles. The lowest BCUT2D eigenvalue weighted by Gasteiger charge is -2.31. The van der Waals surface area contributed by atoms with Crippen molar-refractivity contribution in [3.8, 4) is 11.5 Å². The van der Waals surface area contributed by atoms with E-state index in [-0.39, 0.29) is 30.1 Å². The van der Waals surface area contributed by atoms with Crippen molar-refractivity contribution in [1.29, 1.82) is 0 Å². The van der Waals surface area contributed by atoms with Gasteiger partial charge in [0.25, 0.3) is 5.91 Å². The predicted molar refractivity (Wildman–Crippen MR) is 157 cm³/mol. The van der Waals surface area contributed by atoms with Crippen molar-refractivity contribution in [3.63, 3.8) is 0 Å². The second-order valence-corrected chi connectivity index (χ2v) is 11.6. The fourth-order valence-corrected chi connectivity index (χ4v) is 4.71. The molecular weight excluding hydrogens is 524 g/mol. The number of rotatable bonds is 13. The van der Waals surface area contributed by atoms with E-state index in [4.69, 9.17) is 23.7 Å². The highest BCUT2D eigenvalue weighted by Crippen LogP contribution is 2.30. The number of hydrogen-bond acceptors (Lipinski definition) is 7. The van der Waals surface area contributed by atoms with Crippen molar-refractivity contribution in [2.75, 3.05) is 47.1 Å². The van der Waals surface area contributed by atoms with Gasteiger partial charge < -0.3 is 33.5 Å². The number of benzene rings is 2. The van der Waals surface area contributed by atoms with Crippen LogP contribution in [0.1, 0.15) is 57.0 Å². The zero-order valence-electron chi connectivity index (χ0n) is 25.6. The van der Waals surface area contributed by atoms with Crippen LogP contribution in [0.4, 0.5) is 4.79 Å². The molecule has 41 heavy (non-hydrogen) atoms. The average molecular weight is 571 g/mol. The van der Waals surface area contributed by atoms with E-state index in [1.165, 1.54) is 0 Å². The number of carbonyl (C=O) groups excluding carboxylic acids is 2. The first-order chi connectivity index (χ1) is 19.5. The van der Waals surface area contributed by atoms with Gasteiger partial charge in [0.15, 0.2) is 11.5 Å². The molecule has 0 aliphatic carbocycles. The molecular formula is C32H46N2O7. The summed E-state index contributed by atoms with van der Waals surface area (Å²) in [5.41, 5.74) is 0.952. The third-order valence-corrected chi connectivity index (χ3v) is 6.82. The number of carbonyl (C=O) groups is 2. The Morgan fingerprint density at radius 1 is 1.00 bits per heavy atom. The summed E-state index contributed by atoms with van der Waals surface area (Å²) in [6.45, 7) is 12.2. The standard InChI is InChI=1S/C32H46N2O7/c1-23(2)34(30(35)25-14-15-27(38-7)28(18-25)39-17-11-16-37-6)20-26-19-33(31(36)41-32(3,4)5)21-29(26)40-22-24-12-9-8-10-13-24/h8-10,12-15,18,23,26,29H,11,16-17,19-22H2,1-7H3. The van der Waals surface area contributed by atoms with Gasteiger partial charge in [-0.05, 0) is 58.4 Å². The van der Waals surface area contributed by atoms with Gasteiger partial charge in [0, 0.05) is 50.8 Å². The molecule has 3 rings (SSSR count). The van der Waals surface area contributed by atoms with E-state index >= 15 is 0 Å². The first-order valence-corrected chi connectivity index (χ1v) is 14.3. The summed E-state index contributed by atoms with van der Waals surface area (Å²) in [7, 11) is 3.22. The number of amides is 2. The minimum atomic E-state index is -0.604. The van der Waals surface area contributed by atoms with Gasteiger partial charge in [0.2, 0.25) is 0 Å². The Hall–Kier alpha value is -3.30. The Labute approximate surface area is 244 Å². The number of nitrogens with zero attached hydrogens (tertiary/aromatic N) is 2. The van der Waals surface area contributed by atoms with E-state index < -0.39 is 5.60 Å². The molecule has 1 aliphatic heterocycles. The third kappa shape index (κ3) is 9.64. The molecule has 2 unspecified atom stereocenters. The van der Waals surface area contributed by atoms with E-state index in [0.717, 1.165) is 12.0 Å². The van der Waals surface area contributed by atoms with Gasteiger partial charge in [0.1, 0.15) is 5.60 Å². The lowest BCUT2D eigenvalue weighted by molar-refractivity contribution is 0.00622. The Bertz CT molecular complexity index is 1120. The molecule has 2 aromatic rings. The average Bonchev–Trinajstić information content (AvgIpc) is 3.35. The molecule has 226 valence electrons. The normalized spacial score (nSPS) is 17.0. The predicted octanol–water partition coefficient (Wildman–Crippen LogP) is 5.41. The zero-order chi connectivity index (χ0) is 30.0. The maximum absolute atomic E-state index is 13.9. The Kier molecular flexibility index (Phi) is 11.8. The van der Waals surface area contributed by atoms with Gasteiger partial charge in [-0.25, -0.2) is 4.79 Å². The van der Waals surface area contributed by atoms with Gasteiger partial charge in [-0.1, -0.05) is 30.3 Å². The molecule has 1 saturated heterocycles. The van der Waals surface area contributed by atoms with Crippen LogP contribution >= 0.6 is 0 Å². The number of methoxy groups -OCH3 is 2. The Balaban J connectivity index is 1.79. The highest BCUT2D eigenvalue weighted by molar-refractivity contribution is 5.95. The second kappa shape index (κ2) is 15.1. The summed E-state index contributed by atoms with van der Waals surface area (Å²) in [5.74, 6) is 0.856. The van der Waals surface area contributed by atoms with Gasteiger partial charge in [-0.15, -0.1) is 0 Å². The topological polar surface area (TPSA) is 86.8 Å². The van der Waals surface area contributed by atoms with E-state index in [1.807, 2.05) is 69.9 Å². The van der Waals surface area contributed by atoms with Gasteiger partial charge in [0.05, 0.1) is 33.0 Å². The SMILES string of the molecule is COCCCOc1cc(C(=O)N(CC2CN(C(=O)OC(C)(C)C)CC2OCc2ccccc2)C(C)C)ccc1OC. The molecule has 0 aromatic heterocycles. The van der Waals surface area contributed by atoms with Crippen LogP contribution in [-0.4, -0.2) is 86.6 Å². The van der Waals surface area contributed by atoms with Crippen LogP contribution in [0.2, 0.25) is 0 Å². The van der Waals surface area contributed by atoms with Gasteiger partial charge in [-0.3, -0.25) is 4.79 Å². The minimum absolute atomic E-state index is 0.0824. The Morgan fingerprint density at radius 3 is 2.37 bits per heavy atom. The number of hydrogen-bond donors (Lipinski definition) is 0. The van der Waals surface area contributed by atoms with Gasteiger partial charge in [-0.2, -0.15) is 0 Å². The highest BCUT2D eigenvalue weighted by Gasteiger charge is 2.40. The molecule has 0 radical (unpaired) electrons. The molecule has 0 saturated carbocycles. The summed E-state index contributed by atoms with van der Waals surface area (Å²) in [5, 5.41) is 0. The molecule has 2 amide bonds. The van der Waals surface area contributed by atoms with Crippen LogP contribution < -0.4 is 9.47 Å². The zero-order valence-corrected chi connectivity index (χ0v) is 25.6. The highest BCUT2D eigenvalue weighted by atomic mass is 16.6. The summed E-state index contributed by atoms with van der Waals surface area (Å²) in [4.78, 5) is 30.3. The van der Waals surface area contributed by atoms with Crippen LogP contribution in [0.5, 0.6) is 11.5 Å². The quantitative estimate of drug-likeness (QED) is 0.298. The fourth-order valence-electron chi connectivity index (χ4n) is 4.71. The van der Waals surface area contributed by atoms with Crippen molar-refractivity contribution in [2.24, 2.45) is 5.92 Å². The lowest BCUT2D eigenvalue weighted by atomic mass is 10.0. The third-order valence-electron chi connectivity index (χ3n) is 6.82. The van der Waals surface area contributed by atoms with Crippen molar-refractivity contribution in [2.45, 2.75) is 65.4 Å². The molecule has 0 bridgehead atoms. The van der Waals surface area contributed by atoms with E-state index in [9.17, 15) is 9.59 Å². The summed E-state index contributed by atoms with van der Waals surface area (Å²) < 4.78 is 28.5. The molecule has 1 aliphatic rings. The number of ether oxygens (including phenoxy) is 5. The first-order valence-electron chi connectivity index (χ1n) is 14.3. The van der Waals surface area contributed by atoms with Crippen LogP contribution in [0.3, 0.4) is 0 Å². The monoisotopic (exact) mass is 570 g/mol. The molecule has 2 atom stereocenters. The van der Waals surface area contributed by atoms with Crippen LogP contribution in [-0.2, 0) is 20.8 Å².